The zero-order valence-corrected chi connectivity index (χ0v) is 12.2. The van der Waals surface area contributed by atoms with Gasteiger partial charge in [-0.3, -0.25) is 0 Å². The van der Waals surface area contributed by atoms with Gasteiger partial charge >= 0.3 is 0 Å². The topological polar surface area (TPSA) is 37.8 Å². The third-order valence-corrected chi connectivity index (χ3v) is 4.68. The second kappa shape index (κ2) is 6.87. The maximum absolute atomic E-state index is 4.07. The highest BCUT2D eigenvalue weighted by Gasteiger charge is 2.13. The molecule has 0 aliphatic heterocycles. The monoisotopic (exact) mass is 279 g/mol. The first-order valence-electron chi connectivity index (χ1n) is 5.99. The van der Waals surface area contributed by atoms with Crippen molar-refractivity contribution in [3.63, 3.8) is 0 Å². The van der Waals surface area contributed by atoms with Crippen LogP contribution in [0.4, 0.5) is 0 Å². The van der Waals surface area contributed by atoms with Gasteiger partial charge in [-0.05, 0) is 24.6 Å². The van der Waals surface area contributed by atoms with Crippen molar-refractivity contribution in [2.45, 2.75) is 24.2 Å². The number of nitrogens with one attached hydrogen (secondary N) is 1. The number of aromatic nitrogens is 2. The van der Waals surface area contributed by atoms with Gasteiger partial charge in [0.15, 0.2) is 4.34 Å². The molecule has 0 aliphatic carbocycles. The number of hydrogen-bond donors (Lipinski definition) is 1. The molecule has 1 heterocycles. The highest BCUT2D eigenvalue weighted by molar-refractivity contribution is 8.01. The van der Waals surface area contributed by atoms with Gasteiger partial charge in [-0.2, -0.15) is 0 Å². The summed E-state index contributed by atoms with van der Waals surface area (Å²) in [5.74, 6) is 0.980. The van der Waals surface area contributed by atoms with E-state index in [0.717, 1.165) is 16.6 Å². The molecule has 0 saturated heterocycles. The summed E-state index contributed by atoms with van der Waals surface area (Å²) in [4.78, 5) is 0. The first kappa shape index (κ1) is 13.5. The van der Waals surface area contributed by atoms with Gasteiger partial charge in [-0.15, -0.1) is 10.2 Å². The van der Waals surface area contributed by atoms with E-state index in [9.17, 15) is 0 Å². The summed E-state index contributed by atoms with van der Waals surface area (Å²) < 4.78 is 1.03. The van der Waals surface area contributed by atoms with E-state index in [0.29, 0.717) is 6.04 Å². The third-order valence-electron chi connectivity index (χ3n) is 2.73. The van der Waals surface area contributed by atoms with E-state index < -0.39 is 0 Å². The van der Waals surface area contributed by atoms with Crippen LogP contribution in [0.1, 0.15) is 24.1 Å². The Kier molecular flexibility index (Phi) is 5.16. The lowest BCUT2D eigenvalue weighted by Gasteiger charge is -2.19. The summed E-state index contributed by atoms with van der Waals surface area (Å²) in [6, 6.07) is 8.91. The van der Waals surface area contributed by atoms with Crippen molar-refractivity contribution in [1.82, 2.24) is 15.5 Å². The number of hydrogen-bond acceptors (Lipinski definition) is 5. The van der Waals surface area contributed by atoms with Crippen molar-refractivity contribution in [3.8, 4) is 0 Å². The number of thioether (sulfide) groups is 1. The van der Waals surface area contributed by atoms with Gasteiger partial charge < -0.3 is 5.32 Å². The third kappa shape index (κ3) is 3.54. The van der Waals surface area contributed by atoms with E-state index in [1.54, 1.807) is 28.6 Å². The Morgan fingerprint density at radius 1 is 1.39 bits per heavy atom. The maximum Gasteiger partial charge on any atom is 0.174 e. The molecular formula is C13H17N3S2. The quantitative estimate of drug-likeness (QED) is 0.823. The molecule has 0 amide bonds. The maximum atomic E-state index is 4.07. The molecule has 96 valence electrons. The number of aryl methyl sites for hydroxylation is 1. The Balaban J connectivity index is 2.06. The predicted molar refractivity (Wildman–Crippen MR) is 78.2 cm³/mol. The fraction of sp³-hybridized carbons (Fsp3) is 0.385. The molecule has 5 heteroatoms. The van der Waals surface area contributed by atoms with E-state index in [1.165, 1.54) is 11.1 Å². The van der Waals surface area contributed by atoms with E-state index in [2.05, 4.69) is 53.6 Å². The lowest BCUT2D eigenvalue weighted by Crippen LogP contribution is -2.23. The minimum atomic E-state index is 0.366. The highest BCUT2D eigenvalue weighted by atomic mass is 32.2. The lowest BCUT2D eigenvalue weighted by atomic mass is 10.0. The Bertz CT molecular complexity index is 471. The molecular weight excluding hydrogens is 262 g/mol. The molecule has 0 fully saturated rings. The Morgan fingerprint density at radius 3 is 2.89 bits per heavy atom. The molecule has 0 spiro atoms. The van der Waals surface area contributed by atoms with Crippen molar-refractivity contribution in [1.29, 1.82) is 0 Å². The first-order valence-corrected chi connectivity index (χ1v) is 7.85. The van der Waals surface area contributed by atoms with Gasteiger partial charge in [0.05, 0.1) is 0 Å². The van der Waals surface area contributed by atoms with Gasteiger partial charge in [0.25, 0.3) is 0 Å². The van der Waals surface area contributed by atoms with E-state index in [4.69, 9.17) is 0 Å². The van der Waals surface area contributed by atoms with Crippen LogP contribution in [0.15, 0.2) is 34.1 Å². The second-order valence-corrected chi connectivity index (χ2v) is 6.08. The average molecular weight is 279 g/mol. The number of benzene rings is 1. The Morgan fingerprint density at radius 2 is 2.22 bits per heavy atom. The highest BCUT2D eigenvalue weighted by Crippen LogP contribution is 2.26. The number of rotatable bonds is 6. The normalized spacial score (nSPS) is 12.6. The van der Waals surface area contributed by atoms with Crippen LogP contribution in [0.2, 0.25) is 0 Å². The average Bonchev–Trinajstić information content (AvgIpc) is 2.88. The number of nitrogens with zero attached hydrogens (tertiary/aromatic N) is 2. The molecule has 18 heavy (non-hydrogen) atoms. The van der Waals surface area contributed by atoms with Crippen LogP contribution in [-0.2, 0) is 0 Å². The summed E-state index contributed by atoms with van der Waals surface area (Å²) in [6.45, 7) is 5.27. The molecule has 2 rings (SSSR count). The van der Waals surface area contributed by atoms with E-state index in [-0.39, 0.29) is 0 Å². The molecule has 1 N–H and O–H groups in total. The van der Waals surface area contributed by atoms with Crippen LogP contribution >= 0.6 is 23.1 Å². The van der Waals surface area contributed by atoms with Crippen molar-refractivity contribution in [2.24, 2.45) is 0 Å². The summed E-state index contributed by atoms with van der Waals surface area (Å²) in [6.07, 6.45) is 0. The molecule has 3 nitrogen and oxygen atoms in total. The van der Waals surface area contributed by atoms with Gasteiger partial charge in [-0.25, -0.2) is 0 Å². The minimum Gasteiger partial charge on any atom is -0.309 e. The Hall–Kier alpha value is -0.910. The van der Waals surface area contributed by atoms with Crippen molar-refractivity contribution >= 4 is 23.1 Å². The molecule has 0 aliphatic rings. The second-order valence-electron chi connectivity index (χ2n) is 3.98. The van der Waals surface area contributed by atoms with Crippen LogP contribution in [0, 0.1) is 6.92 Å². The van der Waals surface area contributed by atoms with Crippen molar-refractivity contribution in [3.05, 3.63) is 40.9 Å². The smallest absolute Gasteiger partial charge is 0.174 e. The van der Waals surface area contributed by atoms with Crippen LogP contribution in [0.5, 0.6) is 0 Å². The van der Waals surface area contributed by atoms with Crippen molar-refractivity contribution < 1.29 is 0 Å². The molecule has 1 atom stereocenters. The summed E-state index contributed by atoms with van der Waals surface area (Å²) in [7, 11) is 0. The summed E-state index contributed by atoms with van der Waals surface area (Å²) in [5, 5.41) is 11.5. The Labute approximate surface area is 116 Å². The molecule has 1 unspecified atom stereocenters. The first-order chi connectivity index (χ1) is 8.81. The van der Waals surface area contributed by atoms with Gasteiger partial charge in [0, 0.05) is 11.8 Å². The van der Waals surface area contributed by atoms with Crippen molar-refractivity contribution in [2.75, 3.05) is 12.3 Å². The van der Waals surface area contributed by atoms with Crippen LogP contribution < -0.4 is 5.32 Å². The van der Waals surface area contributed by atoms with E-state index in [1.807, 2.05) is 0 Å². The molecule has 0 bridgehead atoms. The SMILES string of the molecule is CCNC(CSc1nncs1)c1ccccc1C. The van der Waals surface area contributed by atoms with Crippen LogP contribution in [-0.4, -0.2) is 22.5 Å². The molecule has 2 aromatic rings. The standard InChI is InChI=1S/C13H17N3S2/c1-3-14-12(8-17-13-16-15-9-18-13)11-7-5-4-6-10(11)2/h4-7,9,12,14H,3,8H2,1-2H3. The van der Waals surface area contributed by atoms with Crippen LogP contribution in [0.3, 0.4) is 0 Å². The summed E-state index contributed by atoms with van der Waals surface area (Å²) >= 11 is 3.36. The van der Waals surface area contributed by atoms with E-state index >= 15 is 0 Å². The predicted octanol–water partition coefficient (Wildman–Crippen LogP) is 3.29. The molecule has 0 saturated carbocycles. The molecule has 1 aromatic heterocycles. The zero-order chi connectivity index (χ0) is 12.8. The summed E-state index contributed by atoms with van der Waals surface area (Å²) in [5.41, 5.74) is 4.48. The van der Waals surface area contributed by atoms with Gasteiger partial charge in [0.1, 0.15) is 5.51 Å². The zero-order valence-electron chi connectivity index (χ0n) is 10.6. The van der Waals surface area contributed by atoms with Crippen LogP contribution in [0.25, 0.3) is 0 Å². The van der Waals surface area contributed by atoms with Gasteiger partial charge in [-0.1, -0.05) is 54.3 Å². The molecule has 1 aromatic carbocycles. The lowest BCUT2D eigenvalue weighted by molar-refractivity contribution is 0.603. The minimum absolute atomic E-state index is 0.366. The fourth-order valence-electron chi connectivity index (χ4n) is 1.86. The van der Waals surface area contributed by atoms with Gasteiger partial charge in [0.2, 0.25) is 0 Å². The molecule has 0 radical (unpaired) electrons. The fourth-order valence-corrected chi connectivity index (χ4v) is 3.46. The largest absolute Gasteiger partial charge is 0.309 e.